The molecule has 3 aromatic rings. The van der Waals surface area contributed by atoms with E-state index in [0.717, 1.165) is 29.2 Å². The fourth-order valence-corrected chi connectivity index (χ4v) is 3.85. The number of hydrogen-bond acceptors (Lipinski definition) is 5. The Morgan fingerprint density at radius 1 is 1.27 bits per heavy atom. The minimum Gasteiger partial charge on any atom is -0.296 e. The monoisotopic (exact) mass is 387 g/mol. The number of amides is 1. The van der Waals surface area contributed by atoms with Crippen LogP contribution in [0.5, 0.6) is 0 Å². The molecule has 4 rings (SSSR count). The Morgan fingerprint density at radius 2 is 2.00 bits per heavy atom. The SMILES string of the molecule is CC(C)c1c(C(=O)Nc2nnc(C3CC3)s2)cnn1-c1ccc(Cl)cc1. The van der Waals surface area contributed by atoms with Crippen LogP contribution in [0.1, 0.15) is 59.6 Å². The lowest BCUT2D eigenvalue weighted by Gasteiger charge is -2.12. The van der Waals surface area contributed by atoms with Gasteiger partial charge in [0.05, 0.1) is 23.1 Å². The van der Waals surface area contributed by atoms with Crippen LogP contribution >= 0.6 is 22.9 Å². The van der Waals surface area contributed by atoms with Gasteiger partial charge in [0.25, 0.3) is 5.91 Å². The standard InChI is InChI=1S/C18H18ClN5OS/c1-10(2)15-14(9-20-24(15)13-7-5-12(19)6-8-13)16(25)21-18-23-22-17(26-18)11-3-4-11/h5-11H,3-4H2,1-2H3,(H,21,23,25). The molecule has 0 saturated heterocycles. The molecule has 1 aliphatic carbocycles. The molecule has 2 aromatic heterocycles. The highest BCUT2D eigenvalue weighted by molar-refractivity contribution is 7.15. The molecule has 1 amide bonds. The number of hydrogen-bond donors (Lipinski definition) is 1. The number of halogens is 1. The third-order valence-corrected chi connectivity index (χ3v) is 5.51. The number of carbonyl (C=O) groups excluding carboxylic acids is 1. The van der Waals surface area contributed by atoms with Crippen LogP contribution in [0.3, 0.4) is 0 Å². The van der Waals surface area contributed by atoms with Crippen LogP contribution in [0.2, 0.25) is 5.02 Å². The first-order chi connectivity index (χ1) is 12.5. The number of anilines is 1. The average Bonchev–Trinajstić information content (AvgIpc) is 3.18. The van der Waals surface area contributed by atoms with Gasteiger partial charge in [-0.15, -0.1) is 10.2 Å². The lowest BCUT2D eigenvalue weighted by Crippen LogP contribution is -2.15. The Bertz CT molecular complexity index is 943. The molecule has 8 heteroatoms. The van der Waals surface area contributed by atoms with Gasteiger partial charge in [0, 0.05) is 10.9 Å². The van der Waals surface area contributed by atoms with Crippen molar-refractivity contribution in [3.05, 3.63) is 51.7 Å². The molecule has 26 heavy (non-hydrogen) atoms. The number of nitrogens with zero attached hydrogens (tertiary/aromatic N) is 4. The minimum absolute atomic E-state index is 0.116. The Morgan fingerprint density at radius 3 is 2.65 bits per heavy atom. The quantitative estimate of drug-likeness (QED) is 0.692. The Hall–Kier alpha value is -2.25. The number of carbonyl (C=O) groups is 1. The van der Waals surface area contributed by atoms with Crippen molar-refractivity contribution in [1.82, 2.24) is 20.0 Å². The fourth-order valence-electron chi connectivity index (χ4n) is 2.82. The topological polar surface area (TPSA) is 72.7 Å². The van der Waals surface area contributed by atoms with E-state index in [4.69, 9.17) is 11.6 Å². The number of aromatic nitrogens is 4. The molecule has 1 saturated carbocycles. The van der Waals surface area contributed by atoms with E-state index in [1.54, 1.807) is 10.9 Å². The highest BCUT2D eigenvalue weighted by Crippen LogP contribution is 2.42. The molecule has 0 spiro atoms. The molecular weight excluding hydrogens is 370 g/mol. The summed E-state index contributed by atoms with van der Waals surface area (Å²) in [5, 5.41) is 17.7. The van der Waals surface area contributed by atoms with Gasteiger partial charge in [-0.05, 0) is 43.0 Å². The van der Waals surface area contributed by atoms with Crippen molar-refractivity contribution in [2.24, 2.45) is 0 Å². The summed E-state index contributed by atoms with van der Waals surface area (Å²) in [4.78, 5) is 12.8. The van der Waals surface area contributed by atoms with Crippen molar-refractivity contribution < 1.29 is 4.79 Å². The normalized spacial score (nSPS) is 14.0. The third-order valence-electron chi connectivity index (χ3n) is 4.26. The van der Waals surface area contributed by atoms with Crippen LogP contribution < -0.4 is 5.32 Å². The second-order valence-corrected chi connectivity index (χ2v) is 8.11. The van der Waals surface area contributed by atoms with Crippen LogP contribution in [-0.2, 0) is 0 Å². The van der Waals surface area contributed by atoms with E-state index in [-0.39, 0.29) is 11.8 Å². The second kappa shape index (κ2) is 6.81. The predicted octanol–water partition coefficient (Wildman–Crippen LogP) is 4.63. The molecule has 1 N–H and O–H groups in total. The molecule has 0 radical (unpaired) electrons. The smallest absolute Gasteiger partial charge is 0.260 e. The molecule has 0 bridgehead atoms. The summed E-state index contributed by atoms with van der Waals surface area (Å²) >= 11 is 7.42. The summed E-state index contributed by atoms with van der Waals surface area (Å²) < 4.78 is 1.78. The van der Waals surface area contributed by atoms with Crippen LogP contribution in [0.15, 0.2) is 30.5 Å². The molecule has 0 aliphatic heterocycles. The summed E-state index contributed by atoms with van der Waals surface area (Å²) in [7, 11) is 0. The molecule has 134 valence electrons. The van der Waals surface area contributed by atoms with Crippen LogP contribution in [0, 0.1) is 0 Å². The summed E-state index contributed by atoms with van der Waals surface area (Å²) in [6.07, 6.45) is 3.92. The lowest BCUT2D eigenvalue weighted by atomic mass is 10.1. The van der Waals surface area contributed by atoms with E-state index in [1.165, 1.54) is 11.3 Å². The molecule has 1 fully saturated rings. The maximum absolute atomic E-state index is 12.8. The minimum atomic E-state index is -0.215. The van der Waals surface area contributed by atoms with Gasteiger partial charge in [-0.3, -0.25) is 10.1 Å². The van der Waals surface area contributed by atoms with Crippen molar-refractivity contribution in [2.45, 2.75) is 38.5 Å². The zero-order valence-electron chi connectivity index (χ0n) is 14.4. The summed E-state index contributed by atoms with van der Waals surface area (Å²) in [6.45, 7) is 4.08. The summed E-state index contributed by atoms with van der Waals surface area (Å²) in [5.74, 6) is 0.426. The van der Waals surface area contributed by atoms with Gasteiger partial charge >= 0.3 is 0 Å². The molecule has 0 atom stereocenters. The molecular formula is C18H18ClN5OS. The number of benzene rings is 1. The number of nitrogens with one attached hydrogen (secondary N) is 1. The van der Waals surface area contributed by atoms with Crippen LogP contribution in [0.4, 0.5) is 5.13 Å². The van der Waals surface area contributed by atoms with E-state index in [1.807, 2.05) is 38.1 Å². The largest absolute Gasteiger partial charge is 0.296 e. The summed E-state index contributed by atoms with van der Waals surface area (Å²) in [5.41, 5.74) is 2.25. The predicted molar refractivity (Wildman–Crippen MR) is 103 cm³/mol. The Labute approximate surface area is 160 Å². The van der Waals surface area contributed by atoms with Gasteiger partial charge in [-0.1, -0.05) is 36.8 Å². The lowest BCUT2D eigenvalue weighted by molar-refractivity contribution is 0.102. The molecule has 1 aromatic carbocycles. The second-order valence-electron chi connectivity index (χ2n) is 6.66. The van der Waals surface area contributed by atoms with Crippen molar-refractivity contribution in [3.8, 4) is 5.69 Å². The highest BCUT2D eigenvalue weighted by atomic mass is 35.5. The van der Waals surface area contributed by atoms with Gasteiger partial charge in [0.1, 0.15) is 5.01 Å². The van der Waals surface area contributed by atoms with Gasteiger partial charge in [0.15, 0.2) is 0 Å². The van der Waals surface area contributed by atoms with Gasteiger partial charge in [-0.2, -0.15) is 5.10 Å². The summed E-state index contributed by atoms with van der Waals surface area (Å²) in [6, 6.07) is 7.39. The highest BCUT2D eigenvalue weighted by Gasteiger charge is 2.28. The Balaban J connectivity index is 1.62. The van der Waals surface area contributed by atoms with E-state index >= 15 is 0 Å². The average molecular weight is 388 g/mol. The van der Waals surface area contributed by atoms with E-state index in [0.29, 0.717) is 21.6 Å². The zero-order valence-corrected chi connectivity index (χ0v) is 16.0. The van der Waals surface area contributed by atoms with Crippen LogP contribution in [0.25, 0.3) is 5.69 Å². The molecule has 6 nitrogen and oxygen atoms in total. The third kappa shape index (κ3) is 3.37. The van der Waals surface area contributed by atoms with Crippen LogP contribution in [-0.4, -0.2) is 25.9 Å². The van der Waals surface area contributed by atoms with E-state index in [9.17, 15) is 4.79 Å². The van der Waals surface area contributed by atoms with Gasteiger partial charge < -0.3 is 0 Å². The van der Waals surface area contributed by atoms with Crippen molar-refractivity contribution in [3.63, 3.8) is 0 Å². The Kier molecular flexibility index (Phi) is 4.50. The molecule has 2 heterocycles. The van der Waals surface area contributed by atoms with Gasteiger partial charge in [0.2, 0.25) is 5.13 Å². The maximum atomic E-state index is 12.8. The first-order valence-electron chi connectivity index (χ1n) is 8.51. The zero-order chi connectivity index (χ0) is 18.3. The van der Waals surface area contributed by atoms with Crippen molar-refractivity contribution in [2.75, 3.05) is 5.32 Å². The first kappa shape index (κ1) is 17.2. The van der Waals surface area contributed by atoms with Gasteiger partial charge in [-0.25, -0.2) is 4.68 Å². The van der Waals surface area contributed by atoms with Crippen molar-refractivity contribution in [1.29, 1.82) is 0 Å². The number of rotatable bonds is 5. The van der Waals surface area contributed by atoms with E-state index < -0.39 is 0 Å². The first-order valence-corrected chi connectivity index (χ1v) is 9.71. The van der Waals surface area contributed by atoms with Crippen molar-refractivity contribution >= 4 is 34.0 Å². The molecule has 0 unspecified atom stereocenters. The van der Waals surface area contributed by atoms with E-state index in [2.05, 4.69) is 20.6 Å². The maximum Gasteiger partial charge on any atom is 0.260 e. The molecule has 1 aliphatic rings. The fraction of sp³-hybridized carbons (Fsp3) is 0.333.